The van der Waals surface area contributed by atoms with Gasteiger partial charge in [-0.2, -0.15) is 4.37 Å². The Morgan fingerprint density at radius 2 is 2.00 bits per heavy atom. The van der Waals surface area contributed by atoms with Gasteiger partial charge in [-0.3, -0.25) is 4.79 Å². The molecule has 1 saturated heterocycles. The van der Waals surface area contributed by atoms with Gasteiger partial charge in [-0.1, -0.05) is 11.6 Å². The maximum Gasteiger partial charge on any atom is 0.255 e. The summed E-state index contributed by atoms with van der Waals surface area (Å²) in [5.41, 5.74) is 0.942. The van der Waals surface area contributed by atoms with E-state index in [1.165, 1.54) is 23.7 Å². The van der Waals surface area contributed by atoms with Crippen molar-refractivity contribution in [2.75, 3.05) is 13.1 Å². The lowest BCUT2D eigenvalue weighted by Crippen LogP contribution is -2.67. The van der Waals surface area contributed by atoms with E-state index in [1.54, 1.807) is 12.3 Å². The second kappa shape index (κ2) is 7.18. The highest BCUT2D eigenvalue weighted by Crippen LogP contribution is 2.37. The number of carbonyl (C=O) groups is 1. The van der Waals surface area contributed by atoms with Crippen molar-refractivity contribution in [3.05, 3.63) is 46.9 Å². The molecule has 30 heavy (non-hydrogen) atoms. The minimum atomic E-state index is -0.768. The van der Waals surface area contributed by atoms with Gasteiger partial charge >= 0.3 is 0 Å². The molecule has 8 heteroatoms. The highest BCUT2D eigenvalue weighted by molar-refractivity contribution is 7.13. The first-order valence-corrected chi connectivity index (χ1v) is 10.8. The molecule has 1 fully saturated rings. The van der Waals surface area contributed by atoms with Crippen LogP contribution in [-0.4, -0.2) is 44.5 Å². The van der Waals surface area contributed by atoms with Gasteiger partial charge in [0.2, 0.25) is 0 Å². The van der Waals surface area contributed by atoms with Crippen molar-refractivity contribution >= 4 is 39.1 Å². The van der Waals surface area contributed by atoms with Crippen molar-refractivity contribution in [3.63, 3.8) is 0 Å². The fourth-order valence-electron chi connectivity index (χ4n) is 3.77. The average molecular weight is 448 g/mol. The van der Waals surface area contributed by atoms with Gasteiger partial charge in [0.15, 0.2) is 11.6 Å². The lowest BCUT2D eigenvalue weighted by atomic mass is 9.90. The summed E-state index contributed by atoms with van der Waals surface area (Å²) in [5, 5.41) is 14.1. The number of phenols is 1. The van der Waals surface area contributed by atoms with Crippen LogP contribution in [-0.2, 0) is 0 Å². The molecule has 0 bridgehead atoms. The molecule has 0 unspecified atom stereocenters. The zero-order chi connectivity index (χ0) is 21.8. The quantitative estimate of drug-likeness (QED) is 0.576. The first kappa shape index (κ1) is 21.0. The average Bonchev–Trinajstić information content (AvgIpc) is 3.14. The summed E-state index contributed by atoms with van der Waals surface area (Å²) in [5.74, 6) is -1.38. The fourth-order valence-corrected chi connectivity index (χ4v) is 4.77. The van der Waals surface area contributed by atoms with E-state index < -0.39 is 11.6 Å². The molecule has 5 nitrogen and oxygen atoms in total. The van der Waals surface area contributed by atoms with E-state index in [-0.39, 0.29) is 22.0 Å². The number of hydrogen-bond acceptors (Lipinski definition) is 5. The van der Waals surface area contributed by atoms with E-state index >= 15 is 0 Å². The van der Waals surface area contributed by atoms with Gasteiger partial charge in [0.1, 0.15) is 0 Å². The second-order valence-electron chi connectivity index (χ2n) is 8.99. The summed E-state index contributed by atoms with van der Waals surface area (Å²) < 4.78 is 19.1. The SMILES string of the molecule is CC1(C)CN(C(=O)c2cc(-c3cc(F)c(O)cc3Cl)cc3cnsc23)C(C)(C)CN1. The van der Waals surface area contributed by atoms with Gasteiger partial charge in [0, 0.05) is 41.8 Å². The zero-order valence-electron chi connectivity index (χ0n) is 17.2. The molecule has 0 aliphatic carbocycles. The number of halogens is 2. The van der Waals surface area contributed by atoms with E-state index in [2.05, 4.69) is 23.5 Å². The molecule has 2 aromatic carbocycles. The van der Waals surface area contributed by atoms with Gasteiger partial charge in [-0.25, -0.2) is 4.39 Å². The molecule has 2 heterocycles. The van der Waals surface area contributed by atoms with Crippen LogP contribution >= 0.6 is 23.1 Å². The molecule has 3 aromatic rings. The lowest BCUT2D eigenvalue weighted by molar-refractivity contribution is 0.0283. The number of nitrogens with zero attached hydrogens (tertiary/aromatic N) is 2. The van der Waals surface area contributed by atoms with E-state index in [0.29, 0.717) is 29.8 Å². The van der Waals surface area contributed by atoms with Crippen LogP contribution in [0.1, 0.15) is 38.1 Å². The number of piperazine rings is 1. The largest absolute Gasteiger partial charge is 0.505 e. The molecule has 158 valence electrons. The normalized spacial score (nSPS) is 18.0. The summed E-state index contributed by atoms with van der Waals surface area (Å²) in [4.78, 5) is 15.6. The van der Waals surface area contributed by atoms with Crippen molar-refractivity contribution in [1.29, 1.82) is 0 Å². The van der Waals surface area contributed by atoms with Crippen molar-refractivity contribution in [3.8, 4) is 16.9 Å². The second-order valence-corrected chi connectivity index (χ2v) is 10.2. The summed E-state index contributed by atoms with van der Waals surface area (Å²) in [6.45, 7) is 9.44. The van der Waals surface area contributed by atoms with Crippen molar-refractivity contribution in [2.24, 2.45) is 0 Å². The van der Waals surface area contributed by atoms with Gasteiger partial charge in [-0.05, 0) is 63.0 Å². The molecule has 4 rings (SSSR count). The monoisotopic (exact) mass is 447 g/mol. The minimum absolute atomic E-state index is 0.0963. The molecular formula is C22H23ClFN3O2S. The van der Waals surface area contributed by atoms with Crippen LogP contribution in [0.5, 0.6) is 5.75 Å². The minimum Gasteiger partial charge on any atom is -0.505 e. The van der Waals surface area contributed by atoms with Crippen LogP contribution in [0, 0.1) is 5.82 Å². The Bertz CT molecular complexity index is 1160. The number of amides is 1. The standard InChI is InChI=1S/C22H23ClFN3O2S/c1-21(2)11-27(22(3,4)10-25-21)20(29)15-6-12(5-13-9-26-30-19(13)15)14-7-17(24)18(28)8-16(14)23/h5-9,25,28H,10-11H2,1-4H3. The fraction of sp³-hybridized carbons (Fsp3) is 0.364. The Kier molecular flexibility index (Phi) is 5.03. The van der Waals surface area contributed by atoms with E-state index in [4.69, 9.17) is 11.6 Å². The predicted molar refractivity (Wildman–Crippen MR) is 119 cm³/mol. The Labute approximate surface area is 183 Å². The number of aromatic nitrogens is 1. The third-order valence-electron chi connectivity index (χ3n) is 5.56. The Balaban J connectivity index is 1.86. The zero-order valence-corrected chi connectivity index (χ0v) is 18.8. The molecule has 1 aliphatic heterocycles. The number of carbonyl (C=O) groups excluding carboxylic acids is 1. The third-order valence-corrected chi connectivity index (χ3v) is 6.72. The smallest absolute Gasteiger partial charge is 0.255 e. The molecule has 0 saturated carbocycles. The number of benzene rings is 2. The topological polar surface area (TPSA) is 65.5 Å². The third kappa shape index (κ3) is 3.66. The van der Waals surface area contributed by atoms with Crippen LogP contribution in [0.2, 0.25) is 5.02 Å². The number of rotatable bonds is 2. The van der Waals surface area contributed by atoms with Crippen molar-refractivity contribution in [1.82, 2.24) is 14.6 Å². The van der Waals surface area contributed by atoms with Crippen LogP contribution in [0.15, 0.2) is 30.5 Å². The number of fused-ring (bicyclic) bond motifs is 1. The number of phenolic OH excluding ortho intramolecular Hbond substituents is 1. The van der Waals surface area contributed by atoms with Gasteiger partial charge < -0.3 is 15.3 Å². The van der Waals surface area contributed by atoms with Crippen molar-refractivity contribution in [2.45, 2.75) is 38.8 Å². The molecule has 2 N–H and O–H groups in total. The van der Waals surface area contributed by atoms with Crippen LogP contribution < -0.4 is 5.32 Å². The first-order chi connectivity index (χ1) is 14.0. The summed E-state index contributed by atoms with van der Waals surface area (Å²) in [6, 6.07) is 5.93. The van der Waals surface area contributed by atoms with Gasteiger partial charge in [-0.15, -0.1) is 0 Å². The summed E-state index contributed by atoms with van der Waals surface area (Å²) in [6.07, 6.45) is 1.69. The number of hydrogen-bond donors (Lipinski definition) is 2. The Morgan fingerprint density at radius 3 is 2.73 bits per heavy atom. The summed E-state index contributed by atoms with van der Waals surface area (Å²) >= 11 is 7.54. The maximum absolute atomic E-state index is 14.0. The first-order valence-electron chi connectivity index (χ1n) is 9.62. The van der Waals surface area contributed by atoms with Crippen LogP contribution in [0.3, 0.4) is 0 Å². The van der Waals surface area contributed by atoms with Crippen LogP contribution in [0.25, 0.3) is 21.2 Å². The van der Waals surface area contributed by atoms with Crippen LogP contribution in [0.4, 0.5) is 4.39 Å². The molecule has 1 amide bonds. The predicted octanol–water partition coefficient (Wildman–Crippen LogP) is 5.06. The van der Waals surface area contributed by atoms with E-state index in [1.807, 2.05) is 24.8 Å². The Morgan fingerprint density at radius 1 is 1.27 bits per heavy atom. The number of aromatic hydroxyl groups is 1. The van der Waals surface area contributed by atoms with E-state index in [0.717, 1.165) is 10.1 Å². The molecule has 1 aliphatic rings. The van der Waals surface area contributed by atoms with Crippen molar-refractivity contribution < 1.29 is 14.3 Å². The highest BCUT2D eigenvalue weighted by atomic mass is 35.5. The summed E-state index contributed by atoms with van der Waals surface area (Å²) in [7, 11) is 0. The molecule has 0 radical (unpaired) electrons. The molecule has 1 aromatic heterocycles. The van der Waals surface area contributed by atoms with Gasteiger partial charge in [0.25, 0.3) is 5.91 Å². The molecule has 0 spiro atoms. The molecule has 0 atom stereocenters. The van der Waals surface area contributed by atoms with E-state index in [9.17, 15) is 14.3 Å². The number of nitrogens with one attached hydrogen (secondary N) is 1. The lowest BCUT2D eigenvalue weighted by Gasteiger charge is -2.49. The van der Waals surface area contributed by atoms with Gasteiger partial charge in [0.05, 0.1) is 20.8 Å². The molecular weight excluding hydrogens is 425 g/mol. The highest BCUT2D eigenvalue weighted by Gasteiger charge is 2.41. The maximum atomic E-state index is 14.0. The Hall–Kier alpha value is -2.22.